The van der Waals surface area contributed by atoms with Crippen LogP contribution in [0, 0.1) is 0 Å². The first kappa shape index (κ1) is 16.3. The first-order chi connectivity index (χ1) is 12.7. The van der Waals surface area contributed by atoms with Crippen molar-refractivity contribution in [1.82, 2.24) is 9.80 Å². The van der Waals surface area contributed by atoms with Gasteiger partial charge in [0, 0.05) is 12.1 Å². The maximum atomic E-state index is 12.7. The number of hydrogen-bond donors (Lipinski definition) is 0. The molecule has 4 rings (SSSR count). The van der Waals surface area contributed by atoms with Crippen LogP contribution in [0.2, 0.25) is 0 Å². The van der Waals surface area contributed by atoms with E-state index in [0.29, 0.717) is 24.1 Å². The van der Waals surface area contributed by atoms with Crippen LogP contribution in [0.1, 0.15) is 37.9 Å². The Morgan fingerprint density at radius 1 is 1.08 bits per heavy atom. The smallest absolute Gasteiger partial charge is 0.261 e. The van der Waals surface area contributed by atoms with Crippen molar-refractivity contribution in [3.05, 3.63) is 64.7 Å². The summed E-state index contributed by atoms with van der Waals surface area (Å²) in [4.78, 5) is 39.8. The van der Waals surface area contributed by atoms with Crippen molar-refractivity contribution in [3.8, 4) is 5.75 Å². The number of hydrogen-bond acceptors (Lipinski definition) is 4. The lowest BCUT2D eigenvalue weighted by Gasteiger charge is -2.37. The standard InChI is InChI=1S/C20H18N2O4/c1-26-18-8-4-7-13-14(18)9-10-21(12-23)17(13)11-22-19(24)15-5-2-3-6-16(15)20(22)25/h2-8,12,17H,9-11H2,1H3/t17-/m0/s1. The van der Waals surface area contributed by atoms with E-state index in [9.17, 15) is 14.4 Å². The molecule has 2 heterocycles. The van der Waals surface area contributed by atoms with E-state index < -0.39 is 0 Å². The molecule has 1 atom stereocenters. The SMILES string of the molecule is COc1cccc2c1CCN(C=O)[C@H]2CN1C(=O)c2ccccc2C1=O. The van der Waals surface area contributed by atoms with E-state index >= 15 is 0 Å². The predicted octanol–water partition coefficient (Wildman–Crippen LogP) is 2.05. The third-order valence-electron chi connectivity index (χ3n) is 5.14. The second-order valence-corrected chi connectivity index (χ2v) is 6.40. The fraction of sp³-hybridized carbons (Fsp3) is 0.250. The molecule has 0 unspecified atom stereocenters. The van der Waals surface area contributed by atoms with Gasteiger partial charge in [0.15, 0.2) is 0 Å². The summed E-state index contributed by atoms with van der Waals surface area (Å²) in [5.74, 6) is 0.137. The Balaban J connectivity index is 1.71. The lowest BCUT2D eigenvalue weighted by Crippen LogP contribution is -2.43. The molecule has 0 saturated heterocycles. The van der Waals surface area contributed by atoms with Gasteiger partial charge in [0.25, 0.3) is 11.8 Å². The van der Waals surface area contributed by atoms with Crippen LogP contribution in [0.25, 0.3) is 0 Å². The van der Waals surface area contributed by atoms with E-state index in [0.717, 1.165) is 23.3 Å². The van der Waals surface area contributed by atoms with Gasteiger partial charge in [0.2, 0.25) is 6.41 Å². The van der Waals surface area contributed by atoms with E-state index in [1.54, 1.807) is 36.3 Å². The summed E-state index contributed by atoms with van der Waals surface area (Å²) in [7, 11) is 1.61. The predicted molar refractivity (Wildman–Crippen MR) is 94.0 cm³/mol. The van der Waals surface area contributed by atoms with E-state index in [-0.39, 0.29) is 24.4 Å². The molecule has 26 heavy (non-hydrogen) atoms. The monoisotopic (exact) mass is 350 g/mol. The highest BCUT2D eigenvalue weighted by atomic mass is 16.5. The summed E-state index contributed by atoms with van der Waals surface area (Å²) in [6.45, 7) is 0.649. The zero-order valence-electron chi connectivity index (χ0n) is 14.3. The molecule has 0 aliphatic carbocycles. The van der Waals surface area contributed by atoms with Crippen molar-refractivity contribution in [2.24, 2.45) is 0 Å². The van der Waals surface area contributed by atoms with Crippen LogP contribution in [0.15, 0.2) is 42.5 Å². The molecule has 0 radical (unpaired) electrons. The topological polar surface area (TPSA) is 66.9 Å². The lowest BCUT2D eigenvalue weighted by atomic mass is 9.91. The summed E-state index contributed by atoms with van der Waals surface area (Å²) in [6.07, 6.45) is 1.46. The molecular weight excluding hydrogens is 332 g/mol. The van der Waals surface area contributed by atoms with E-state index in [4.69, 9.17) is 4.74 Å². The zero-order chi connectivity index (χ0) is 18.3. The minimum absolute atomic E-state index is 0.130. The van der Waals surface area contributed by atoms with Crippen LogP contribution in [0.5, 0.6) is 5.75 Å². The van der Waals surface area contributed by atoms with Crippen LogP contribution >= 0.6 is 0 Å². The first-order valence-corrected chi connectivity index (χ1v) is 8.47. The van der Waals surface area contributed by atoms with Gasteiger partial charge in [-0.05, 0) is 30.2 Å². The van der Waals surface area contributed by atoms with Crippen molar-refractivity contribution >= 4 is 18.2 Å². The third kappa shape index (κ3) is 2.37. The largest absolute Gasteiger partial charge is 0.496 e. The van der Waals surface area contributed by atoms with Gasteiger partial charge in [0.05, 0.1) is 30.8 Å². The average molecular weight is 350 g/mol. The van der Waals surface area contributed by atoms with Gasteiger partial charge in [-0.25, -0.2) is 0 Å². The summed E-state index contributed by atoms with van der Waals surface area (Å²) in [6, 6.07) is 12.1. The van der Waals surface area contributed by atoms with Gasteiger partial charge in [0.1, 0.15) is 5.75 Å². The average Bonchev–Trinajstić information content (AvgIpc) is 2.92. The third-order valence-corrected chi connectivity index (χ3v) is 5.14. The van der Waals surface area contributed by atoms with Crippen LogP contribution in [0.3, 0.4) is 0 Å². The second-order valence-electron chi connectivity index (χ2n) is 6.40. The second kappa shape index (κ2) is 6.29. The Kier molecular flexibility index (Phi) is 3.95. The number of carbonyl (C=O) groups excluding carboxylic acids is 3. The number of nitrogens with zero attached hydrogens (tertiary/aromatic N) is 2. The summed E-state index contributed by atoms with van der Waals surface area (Å²) >= 11 is 0. The zero-order valence-corrected chi connectivity index (χ0v) is 14.3. The van der Waals surface area contributed by atoms with Crippen molar-refractivity contribution in [2.45, 2.75) is 12.5 Å². The summed E-state index contributed by atoms with van der Waals surface area (Å²) < 4.78 is 5.44. The molecule has 132 valence electrons. The molecule has 0 fully saturated rings. The van der Waals surface area contributed by atoms with Crippen LogP contribution in [0.4, 0.5) is 0 Å². The number of rotatable bonds is 4. The molecule has 0 N–H and O–H groups in total. The number of fused-ring (bicyclic) bond motifs is 2. The van der Waals surface area contributed by atoms with Crippen LogP contribution in [-0.2, 0) is 11.2 Å². The van der Waals surface area contributed by atoms with Crippen molar-refractivity contribution in [3.63, 3.8) is 0 Å². The molecule has 3 amide bonds. The Hall–Kier alpha value is -3.15. The molecule has 2 aromatic rings. The number of carbonyl (C=O) groups is 3. The molecule has 2 aliphatic rings. The van der Waals surface area contributed by atoms with E-state index in [1.807, 2.05) is 18.2 Å². The van der Waals surface area contributed by atoms with E-state index in [1.165, 1.54) is 4.90 Å². The number of imide groups is 1. The summed E-state index contributed by atoms with van der Waals surface area (Å²) in [5, 5.41) is 0. The Bertz CT molecular complexity index is 873. The Labute approximate surface area is 151 Å². The summed E-state index contributed by atoms with van der Waals surface area (Å²) in [5.41, 5.74) is 2.77. The van der Waals surface area contributed by atoms with Gasteiger partial charge in [-0.1, -0.05) is 24.3 Å². The fourth-order valence-electron chi connectivity index (χ4n) is 3.84. The molecule has 6 heteroatoms. The quantitative estimate of drug-likeness (QED) is 0.625. The van der Waals surface area contributed by atoms with Crippen molar-refractivity contribution in [1.29, 1.82) is 0 Å². The Morgan fingerprint density at radius 3 is 2.38 bits per heavy atom. The molecule has 0 saturated carbocycles. The fourth-order valence-corrected chi connectivity index (χ4v) is 3.84. The minimum atomic E-state index is -0.381. The first-order valence-electron chi connectivity index (χ1n) is 8.47. The van der Waals surface area contributed by atoms with Gasteiger partial charge in [-0.15, -0.1) is 0 Å². The highest BCUT2D eigenvalue weighted by Crippen LogP contribution is 2.36. The highest BCUT2D eigenvalue weighted by Gasteiger charge is 2.39. The molecule has 2 aromatic carbocycles. The molecule has 0 bridgehead atoms. The number of amides is 3. The van der Waals surface area contributed by atoms with E-state index in [2.05, 4.69) is 0 Å². The number of benzene rings is 2. The highest BCUT2D eigenvalue weighted by molar-refractivity contribution is 6.21. The van der Waals surface area contributed by atoms with Crippen molar-refractivity contribution < 1.29 is 19.1 Å². The maximum absolute atomic E-state index is 12.7. The maximum Gasteiger partial charge on any atom is 0.261 e. The van der Waals surface area contributed by atoms with Gasteiger partial charge < -0.3 is 9.64 Å². The van der Waals surface area contributed by atoms with Gasteiger partial charge in [-0.2, -0.15) is 0 Å². The molecular formula is C20H18N2O4. The molecule has 0 aromatic heterocycles. The normalized spacial score (nSPS) is 18.6. The minimum Gasteiger partial charge on any atom is -0.496 e. The lowest BCUT2D eigenvalue weighted by molar-refractivity contribution is -0.121. The molecule has 6 nitrogen and oxygen atoms in total. The number of methoxy groups -OCH3 is 1. The molecule has 2 aliphatic heterocycles. The Morgan fingerprint density at radius 2 is 1.77 bits per heavy atom. The van der Waals surface area contributed by atoms with Gasteiger partial charge >= 0.3 is 0 Å². The van der Waals surface area contributed by atoms with Crippen molar-refractivity contribution in [2.75, 3.05) is 20.2 Å². The van der Waals surface area contributed by atoms with Crippen LogP contribution < -0.4 is 4.74 Å². The van der Waals surface area contributed by atoms with Gasteiger partial charge in [-0.3, -0.25) is 19.3 Å². The van der Waals surface area contributed by atoms with Crippen LogP contribution in [-0.4, -0.2) is 48.2 Å². The molecule has 0 spiro atoms. The number of ether oxygens (including phenoxy) is 1.